The Morgan fingerprint density at radius 2 is 1.95 bits per heavy atom. The van der Waals surface area contributed by atoms with E-state index >= 15 is 0 Å². The van der Waals surface area contributed by atoms with E-state index in [-0.39, 0.29) is 17.7 Å². The third-order valence-electron chi connectivity index (χ3n) is 3.82. The maximum Gasteiger partial charge on any atom is 0.205 e. The Morgan fingerprint density at radius 1 is 1.20 bits per heavy atom. The quantitative estimate of drug-likeness (QED) is 0.855. The summed E-state index contributed by atoms with van der Waals surface area (Å²) in [5, 5.41) is 11.5. The largest absolute Gasteiger partial charge is 0.440 e. The van der Waals surface area contributed by atoms with Crippen molar-refractivity contribution in [2.75, 3.05) is 0 Å². The van der Waals surface area contributed by atoms with E-state index in [1.807, 2.05) is 30.3 Å². The molecule has 0 radical (unpaired) electrons. The van der Waals surface area contributed by atoms with Crippen molar-refractivity contribution in [3.63, 3.8) is 0 Å². The molecule has 0 amide bonds. The molecule has 100 valence electrons. The molecule has 0 spiro atoms. The van der Waals surface area contributed by atoms with Crippen molar-refractivity contribution in [3.8, 4) is 11.8 Å². The van der Waals surface area contributed by atoms with Crippen LogP contribution in [0.1, 0.15) is 25.3 Å². The Labute approximate surface area is 118 Å². The first-order valence-electron chi connectivity index (χ1n) is 6.72. The standard InChI is InChI=1S/C17H16N2O/c1-10(2)15-13-8-7-11-5-3-4-6-12(11)16(13)20-17(19)14(15)9-18/h3-8,10,15H,19H2,1-2H3/t15-/m0/s1. The van der Waals surface area contributed by atoms with Gasteiger partial charge in [-0.2, -0.15) is 5.26 Å². The first kappa shape index (κ1) is 12.6. The summed E-state index contributed by atoms with van der Waals surface area (Å²) in [5.41, 5.74) is 7.53. The minimum atomic E-state index is -0.00615. The van der Waals surface area contributed by atoms with Gasteiger partial charge in [0.25, 0.3) is 0 Å². The van der Waals surface area contributed by atoms with E-state index in [4.69, 9.17) is 10.5 Å². The number of nitrogens with zero attached hydrogens (tertiary/aromatic N) is 1. The van der Waals surface area contributed by atoms with Crippen LogP contribution in [0.25, 0.3) is 10.8 Å². The number of nitrogens with two attached hydrogens (primary N) is 1. The van der Waals surface area contributed by atoms with Gasteiger partial charge in [0.05, 0.1) is 5.57 Å². The maximum atomic E-state index is 9.35. The van der Waals surface area contributed by atoms with Crippen molar-refractivity contribution in [2.24, 2.45) is 11.7 Å². The van der Waals surface area contributed by atoms with Crippen LogP contribution in [0, 0.1) is 17.2 Å². The van der Waals surface area contributed by atoms with E-state index in [0.717, 1.165) is 22.1 Å². The molecule has 0 aromatic heterocycles. The number of allylic oxidation sites excluding steroid dienone is 1. The van der Waals surface area contributed by atoms with Gasteiger partial charge < -0.3 is 10.5 Å². The van der Waals surface area contributed by atoms with E-state index in [2.05, 4.69) is 26.0 Å². The number of nitriles is 1. The molecule has 3 nitrogen and oxygen atoms in total. The highest BCUT2D eigenvalue weighted by molar-refractivity contribution is 5.90. The number of ether oxygens (including phenoxy) is 1. The van der Waals surface area contributed by atoms with Crippen LogP contribution in [-0.2, 0) is 0 Å². The molecule has 0 fully saturated rings. The minimum Gasteiger partial charge on any atom is -0.440 e. The van der Waals surface area contributed by atoms with Gasteiger partial charge in [0.1, 0.15) is 11.8 Å². The molecule has 2 aromatic carbocycles. The zero-order valence-electron chi connectivity index (χ0n) is 11.6. The fourth-order valence-electron chi connectivity index (χ4n) is 2.91. The summed E-state index contributed by atoms with van der Waals surface area (Å²) in [6, 6.07) is 14.4. The molecule has 0 aliphatic carbocycles. The van der Waals surface area contributed by atoms with Crippen molar-refractivity contribution < 1.29 is 4.74 Å². The molecule has 2 aromatic rings. The summed E-state index contributed by atoms with van der Waals surface area (Å²) in [6.45, 7) is 4.19. The lowest BCUT2D eigenvalue weighted by molar-refractivity contribution is 0.376. The summed E-state index contributed by atoms with van der Waals surface area (Å²) in [4.78, 5) is 0. The molecule has 1 aliphatic rings. The van der Waals surface area contributed by atoms with Gasteiger partial charge >= 0.3 is 0 Å². The predicted molar refractivity (Wildman–Crippen MR) is 79.0 cm³/mol. The average molecular weight is 264 g/mol. The van der Waals surface area contributed by atoms with Crippen LogP contribution in [0.2, 0.25) is 0 Å². The topological polar surface area (TPSA) is 59.0 Å². The van der Waals surface area contributed by atoms with Crippen molar-refractivity contribution in [3.05, 3.63) is 53.4 Å². The second-order valence-corrected chi connectivity index (χ2v) is 5.42. The number of hydrogen-bond acceptors (Lipinski definition) is 3. The fraction of sp³-hybridized carbons (Fsp3) is 0.235. The normalized spacial score (nSPS) is 17.8. The van der Waals surface area contributed by atoms with Crippen LogP contribution < -0.4 is 10.5 Å². The van der Waals surface area contributed by atoms with E-state index in [0.29, 0.717) is 5.57 Å². The van der Waals surface area contributed by atoms with Crippen molar-refractivity contribution in [1.29, 1.82) is 5.26 Å². The van der Waals surface area contributed by atoms with Gasteiger partial charge in [-0.15, -0.1) is 0 Å². The minimum absolute atomic E-state index is 0.00615. The zero-order chi connectivity index (χ0) is 14.3. The van der Waals surface area contributed by atoms with Crippen molar-refractivity contribution in [2.45, 2.75) is 19.8 Å². The van der Waals surface area contributed by atoms with E-state index < -0.39 is 0 Å². The lowest BCUT2D eigenvalue weighted by atomic mass is 9.80. The fourth-order valence-corrected chi connectivity index (χ4v) is 2.91. The number of rotatable bonds is 1. The predicted octanol–water partition coefficient (Wildman–Crippen LogP) is 3.67. The number of hydrogen-bond donors (Lipinski definition) is 1. The molecule has 0 unspecified atom stereocenters. The van der Waals surface area contributed by atoms with Gasteiger partial charge in [0, 0.05) is 16.9 Å². The molecule has 1 heterocycles. The Balaban J connectivity index is 2.31. The molecular weight excluding hydrogens is 248 g/mol. The molecule has 0 saturated carbocycles. The third kappa shape index (κ3) is 1.73. The van der Waals surface area contributed by atoms with Crippen LogP contribution in [0.5, 0.6) is 5.75 Å². The summed E-state index contributed by atoms with van der Waals surface area (Å²) in [5.74, 6) is 1.30. The highest BCUT2D eigenvalue weighted by atomic mass is 16.5. The molecule has 0 bridgehead atoms. The first-order valence-corrected chi connectivity index (χ1v) is 6.72. The van der Waals surface area contributed by atoms with Gasteiger partial charge in [-0.25, -0.2) is 0 Å². The second-order valence-electron chi connectivity index (χ2n) is 5.42. The lowest BCUT2D eigenvalue weighted by Crippen LogP contribution is -2.23. The van der Waals surface area contributed by atoms with Crippen molar-refractivity contribution >= 4 is 10.8 Å². The Kier molecular flexibility index (Phi) is 2.87. The molecule has 2 N–H and O–H groups in total. The van der Waals surface area contributed by atoms with Crippen LogP contribution in [0.15, 0.2) is 47.9 Å². The van der Waals surface area contributed by atoms with Gasteiger partial charge in [0.15, 0.2) is 0 Å². The third-order valence-corrected chi connectivity index (χ3v) is 3.82. The number of fused-ring (bicyclic) bond motifs is 3. The van der Waals surface area contributed by atoms with Gasteiger partial charge in [-0.1, -0.05) is 50.2 Å². The molecular formula is C17H16N2O. The first-order chi connectivity index (χ1) is 9.63. The van der Waals surface area contributed by atoms with Gasteiger partial charge in [0.2, 0.25) is 5.88 Å². The summed E-state index contributed by atoms with van der Waals surface area (Å²) in [7, 11) is 0. The van der Waals surface area contributed by atoms with Gasteiger partial charge in [-0.3, -0.25) is 0 Å². The Bertz CT molecular complexity index is 753. The highest BCUT2D eigenvalue weighted by Gasteiger charge is 2.32. The van der Waals surface area contributed by atoms with Crippen LogP contribution in [0.3, 0.4) is 0 Å². The molecule has 1 aliphatic heterocycles. The molecule has 20 heavy (non-hydrogen) atoms. The summed E-state index contributed by atoms with van der Waals surface area (Å²) < 4.78 is 5.76. The maximum absolute atomic E-state index is 9.35. The second kappa shape index (κ2) is 4.57. The van der Waals surface area contributed by atoms with Crippen LogP contribution in [-0.4, -0.2) is 0 Å². The van der Waals surface area contributed by atoms with Crippen molar-refractivity contribution in [1.82, 2.24) is 0 Å². The zero-order valence-corrected chi connectivity index (χ0v) is 11.6. The molecule has 1 atom stereocenters. The van der Waals surface area contributed by atoms with Crippen LogP contribution >= 0.6 is 0 Å². The Hall–Kier alpha value is -2.47. The highest BCUT2D eigenvalue weighted by Crippen LogP contribution is 2.45. The monoisotopic (exact) mass is 264 g/mol. The van der Waals surface area contributed by atoms with E-state index in [1.54, 1.807) is 0 Å². The summed E-state index contributed by atoms with van der Waals surface area (Å²) in [6.07, 6.45) is 0. The Morgan fingerprint density at radius 3 is 2.65 bits per heavy atom. The molecule has 3 rings (SSSR count). The van der Waals surface area contributed by atoms with Crippen LogP contribution in [0.4, 0.5) is 0 Å². The molecule has 0 saturated heterocycles. The van der Waals surface area contributed by atoms with Gasteiger partial charge in [-0.05, 0) is 11.3 Å². The summed E-state index contributed by atoms with van der Waals surface area (Å²) >= 11 is 0. The number of benzene rings is 2. The smallest absolute Gasteiger partial charge is 0.205 e. The van der Waals surface area contributed by atoms with E-state index in [1.165, 1.54) is 0 Å². The average Bonchev–Trinajstić information content (AvgIpc) is 2.45. The SMILES string of the molecule is CC(C)[C@@H]1C(C#N)=C(N)Oc2c1ccc1ccccc21. The van der Waals surface area contributed by atoms with E-state index in [9.17, 15) is 5.26 Å². The molecule has 3 heteroatoms. The lowest BCUT2D eigenvalue weighted by Gasteiger charge is -2.29.